The quantitative estimate of drug-likeness (QED) is 0.123. The standard InChI is InChI=1S/C35H34N2O8S2/c1-2-25(21-34-36(17-19-46(38,39)40)30-23-28(13-15-32(30)44-34)26-9-5-3-6-10-26)22-35-37(18-20-47(41,42)43)31-24-29(14-16-33(31)45-35)27-11-7-4-8-12-27/h3-16,21,23-24,35H,2,17-20,22H2,1H3,(H-,38,39,40,41,42,43)/p-1/b25-21-. The Morgan fingerprint density at radius 3 is 2.04 bits per heavy atom. The summed E-state index contributed by atoms with van der Waals surface area (Å²) in [6.45, 7) is 1.78. The van der Waals surface area contributed by atoms with Crippen molar-refractivity contribution in [3.8, 4) is 28.0 Å². The molecule has 4 aromatic carbocycles. The predicted octanol–water partition coefficient (Wildman–Crippen LogP) is 5.55. The highest BCUT2D eigenvalue weighted by Gasteiger charge is 2.33. The van der Waals surface area contributed by atoms with Crippen molar-refractivity contribution in [3.05, 3.63) is 109 Å². The monoisotopic (exact) mass is 673 g/mol. The van der Waals surface area contributed by atoms with Crippen LogP contribution in [-0.4, -0.2) is 50.2 Å². The Kier molecular flexibility index (Phi) is 9.20. The van der Waals surface area contributed by atoms with Gasteiger partial charge in [-0.3, -0.25) is 0 Å². The molecule has 0 radical (unpaired) electrons. The molecule has 0 fully saturated rings. The third-order valence-corrected chi connectivity index (χ3v) is 9.55. The van der Waals surface area contributed by atoms with Crippen LogP contribution in [0.25, 0.3) is 39.4 Å². The number of hydrogen-bond donors (Lipinski definition) is 0. The van der Waals surface area contributed by atoms with Gasteiger partial charge in [0.15, 0.2) is 12.8 Å². The lowest BCUT2D eigenvalue weighted by Crippen LogP contribution is -2.39. The molecule has 0 spiro atoms. The van der Waals surface area contributed by atoms with E-state index in [4.69, 9.17) is 9.15 Å². The van der Waals surface area contributed by atoms with Crippen molar-refractivity contribution >= 4 is 43.1 Å². The Labute approximate surface area is 274 Å². The minimum absolute atomic E-state index is 0.0625. The van der Waals surface area contributed by atoms with E-state index in [9.17, 15) is 25.9 Å². The highest BCUT2D eigenvalue weighted by atomic mass is 32.2. The van der Waals surface area contributed by atoms with E-state index in [0.29, 0.717) is 41.3 Å². The fourth-order valence-electron chi connectivity index (χ4n) is 5.80. The highest BCUT2D eigenvalue weighted by Crippen LogP contribution is 2.42. The average molecular weight is 674 g/mol. The van der Waals surface area contributed by atoms with Crippen LogP contribution >= 0.6 is 0 Å². The molecule has 0 aliphatic carbocycles. The molecule has 0 saturated heterocycles. The molecule has 1 aromatic heterocycles. The van der Waals surface area contributed by atoms with Crippen molar-refractivity contribution in [2.45, 2.75) is 32.5 Å². The fourth-order valence-corrected chi connectivity index (χ4v) is 6.63. The van der Waals surface area contributed by atoms with E-state index in [1.165, 1.54) is 0 Å². The first-order valence-electron chi connectivity index (χ1n) is 15.2. The maximum Gasteiger partial charge on any atom is 0.374 e. The van der Waals surface area contributed by atoms with Gasteiger partial charge < -0.3 is 23.2 Å². The van der Waals surface area contributed by atoms with Crippen molar-refractivity contribution < 1.29 is 39.7 Å². The van der Waals surface area contributed by atoms with Gasteiger partial charge in [0.2, 0.25) is 5.58 Å². The number of fused-ring (bicyclic) bond motifs is 2. The summed E-state index contributed by atoms with van der Waals surface area (Å²) in [7, 11) is -9.01. The topological polar surface area (TPSA) is 144 Å². The molecule has 244 valence electrons. The molecule has 12 heteroatoms. The van der Waals surface area contributed by atoms with Crippen LogP contribution in [0.15, 0.2) is 107 Å². The zero-order chi connectivity index (χ0) is 33.2. The van der Waals surface area contributed by atoms with E-state index in [-0.39, 0.29) is 13.1 Å². The van der Waals surface area contributed by atoms with Gasteiger partial charge in [-0.2, -0.15) is 4.57 Å². The molecule has 0 N–H and O–H groups in total. The molecule has 10 nitrogen and oxygen atoms in total. The Morgan fingerprint density at radius 2 is 1.43 bits per heavy atom. The number of rotatable bonds is 12. The van der Waals surface area contributed by atoms with Gasteiger partial charge in [-0.15, -0.1) is 0 Å². The van der Waals surface area contributed by atoms with Crippen molar-refractivity contribution in [2.24, 2.45) is 0 Å². The second-order valence-electron chi connectivity index (χ2n) is 11.3. The van der Waals surface area contributed by atoms with Crippen LogP contribution in [0.5, 0.6) is 5.75 Å². The smallest absolute Gasteiger partial charge is 0.374 e. The van der Waals surface area contributed by atoms with E-state index < -0.39 is 38.0 Å². The number of benzene rings is 4. The van der Waals surface area contributed by atoms with E-state index in [0.717, 1.165) is 27.8 Å². The van der Waals surface area contributed by atoms with Crippen LogP contribution in [0.2, 0.25) is 0 Å². The molecule has 1 unspecified atom stereocenters. The van der Waals surface area contributed by atoms with Crippen molar-refractivity contribution in [1.29, 1.82) is 0 Å². The Morgan fingerprint density at radius 1 is 0.809 bits per heavy atom. The molecule has 47 heavy (non-hydrogen) atoms. The maximum absolute atomic E-state index is 11.7. The van der Waals surface area contributed by atoms with Gasteiger partial charge in [-0.05, 0) is 46.9 Å². The number of nitrogens with zero attached hydrogens (tertiary/aromatic N) is 2. The van der Waals surface area contributed by atoms with Gasteiger partial charge >= 0.3 is 5.89 Å². The van der Waals surface area contributed by atoms with Gasteiger partial charge in [0.1, 0.15) is 15.9 Å². The summed E-state index contributed by atoms with van der Waals surface area (Å²) in [6.07, 6.45) is 2.08. The first kappa shape index (κ1) is 32.5. The van der Waals surface area contributed by atoms with E-state index >= 15 is 0 Å². The van der Waals surface area contributed by atoms with E-state index in [1.807, 2.05) is 110 Å². The van der Waals surface area contributed by atoms with Crippen molar-refractivity contribution in [1.82, 2.24) is 0 Å². The summed E-state index contributed by atoms with van der Waals surface area (Å²) in [6, 6.07) is 30.8. The SMILES string of the molecule is CC/C(=C/c1oc2ccc(-c3ccccc3)cc2[n+]1CCS(=O)(=O)[O-])CC1Oc2ccc(-c3ccccc3)cc2N1CCS(=O)(=O)[O-]. The van der Waals surface area contributed by atoms with Crippen LogP contribution in [0.3, 0.4) is 0 Å². The molecule has 1 aliphatic heterocycles. The third-order valence-electron chi connectivity index (χ3n) is 8.19. The van der Waals surface area contributed by atoms with Gasteiger partial charge in [0.05, 0.1) is 33.4 Å². The second kappa shape index (κ2) is 13.3. The molecule has 0 bridgehead atoms. The molecule has 1 atom stereocenters. The zero-order valence-corrected chi connectivity index (χ0v) is 27.2. The van der Waals surface area contributed by atoms with Crippen LogP contribution in [0, 0.1) is 0 Å². The number of oxazole rings is 1. The lowest BCUT2D eigenvalue weighted by Gasteiger charge is -2.26. The minimum atomic E-state index is -4.52. The van der Waals surface area contributed by atoms with Gasteiger partial charge in [0, 0.05) is 19.0 Å². The van der Waals surface area contributed by atoms with Gasteiger partial charge in [-0.25, -0.2) is 16.8 Å². The summed E-state index contributed by atoms with van der Waals surface area (Å²) in [5, 5.41) is 0. The van der Waals surface area contributed by atoms with Crippen LogP contribution < -0.4 is 14.2 Å². The molecule has 2 heterocycles. The summed E-state index contributed by atoms with van der Waals surface area (Å²) in [5.41, 5.74) is 6.48. The normalized spacial score (nSPS) is 15.2. The average Bonchev–Trinajstić information content (AvgIpc) is 3.58. The van der Waals surface area contributed by atoms with E-state index in [1.54, 1.807) is 9.47 Å². The summed E-state index contributed by atoms with van der Waals surface area (Å²) >= 11 is 0. The largest absolute Gasteiger partial charge is 0.748 e. The van der Waals surface area contributed by atoms with Crippen LogP contribution in [0.1, 0.15) is 25.7 Å². The summed E-state index contributed by atoms with van der Waals surface area (Å²) in [5.74, 6) is -0.279. The molecule has 5 aromatic rings. The van der Waals surface area contributed by atoms with Crippen LogP contribution in [0.4, 0.5) is 5.69 Å². The fraction of sp³-hybridized carbons (Fsp3) is 0.229. The minimum Gasteiger partial charge on any atom is -0.748 e. The molecule has 1 aliphatic rings. The molecule has 6 rings (SSSR count). The first-order valence-corrected chi connectivity index (χ1v) is 18.3. The Balaban J connectivity index is 1.36. The van der Waals surface area contributed by atoms with Crippen LogP contribution in [-0.2, 0) is 26.8 Å². The van der Waals surface area contributed by atoms with E-state index in [2.05, 4.69) is 0 Å². The lowest BCUT2D eigenvalue weighted by molar-refractivity contribution is -0.673. The maximum atomic E-state index is 11.7. The molecular formula is C35H33N2O8S2-. The number of anilines is 1. The van der Waals surface area contributed by atoms with Gasteiger partial charge in [-0.1, -0.05) is 85.3 Å². The Hall–Kier alpha value is -4.49. The molecule has 0 amide bonds. The molecular weight excluding hydrogens is 641 g/mol. The number of hydrogen-bond acceptors (Lipinski definition) is 9. The molecule has 0 saturated carbocycles. The van der Waals surface area contributed by atoms with Crippen molar-refractivity contribution in [3.63, 3.8) is 0 Å². The number of ether oxygens (including phenoxy) is 1. The number of aromatic nitrogens is 1. The zero-order valence-electron chi connectivity index (χ0n) is 25.6. The third kappa shape index (κ3) is 7.74. The van der Waals surface area contributed by atoms with Gasteiger partial charge in [0.25, 0.3) is 5.52 Å². The van der Waals surface area contributed by atoms with Crippen molar-refractivity contribution in [2.75, 3.05) is 23.0 Å². The number of aryl methyl sites for hydroxylation is 1. The Bertz CT molecular complexity index is 2150. The predicted molar refractivity (Wildman–Crippen MR) is 177 cm³/mol. The first-order chi connectivity index (χ1) is 22.5. The lowest BCUT2D eigenvalue weighted by atomic mass is 10.0. The highest BCUT2D eigenvalue weighted by molar-refractivity contribution is 7.85. The second-order valence-corrected chi connectivity index (χ2v) is 14.4. The summed E-state index contributed by atoms with van der Waals surface area (Å²) < 4.78 is 84.2. The summed E-state index contributed by atoms with van der Waals surface area (Å²) in [4.78, 5) is 1.80.